The maximum Gasteiger partial charge on any atom is 0.262 e. The van der Waals surface area contributed by atoms with Gasteiger partial charge in [-0.25, -0.2) is 8.42 Å². The van der Waals surface area contributed by atoms with Crippen molar-refractivity contribution in [2.24, 2.45) is 0 Å². The Morgan fingerprint density at radius 3 is 2.45 bits per heavy atom. The van der Waals surface area contributed by atoms with Gasteiger partial charge in [0.1, 0.15) is 5.75 Å². The van der Waals surface area contributed by atoms with Gasteiger partial charge in [0.2, 0.25) is 5.91 Å². The van der Waals surface area contributed by atoms with E-state index in [1.54, 1.807) is 23.1 Å². The summed E-state index contributed by atoms with van der Waals surface area (Å²) in [6.45, 7) is 0.544. The van der Waals surface area contributed by atoms with Gasteiger partial charge in [-0.2, -0.15) is 0 Å². The molecule has 0 aromatic heterocycles. The van der Waals surface area contributed by atoms with Crippen LogP contribution in [0.2, 0.25) is 0 Å². The van der Waals surface area contributed by atoms with E-state index < -0.39 is 10.0 Å². The Morgan fingerprint density at radius 1 is 1.00 bits per heavy atom. The summed E-state index contributed by atoms with van der Waals surface area (Å²) in [6.07, 6.45) is 1.18. The Balaban J connectivity index is 1.65. The van der Waals surface area contributed by atoms with Gasteiger partial charge in [-0.15, -0.1) is 0 Å². The predicted molar refractivity (Wildman–Crippen MR) is 122 cm³/mol. The molecule has 1 amide bonds. The fourth-order valence-electron chi connectivity index (χ4n) is 3.41. The van der Waals surface area contributed by atoms with Gasteiger partial charge in [-0.1, -0.05) is 42.1 Å². The molecule has 0 bridgehead atoms. The largest absolute Gasteiger partial charge is 0.495 e. The Hall–Kier alpha value is -2.97. The minimum atomic E-state index is -3.88. The van der Waals surface area contributed by atoms with Gasteiger partial charge >= 0.3 is 0 Å². The van der Waals surface area contributed by atoms with Gasteiger partial charge < -0.3 is 9.64 Å². The number of amides is 1. The standard InChI is InChI=1S/C23H22N2O4S2/c1-29-21-14-13-18(16-20(21)25-15-7-12-23(25)26)31(27,28)24-19-10-5-6-11-22(19)30-17-8-3-2-4-9-17/h2-6,8-11,13-14,16,24H,7,12,15H2,1H3. The Bertz CT molecular complexity index is 1200. The smallest absolute Gasteiger partial charge is 0.262 e. The van der Waals surface area contributed by atoms with E-state index >= 15 is 0 Å². The first kappa shape index (κ1) is 21.3. The van der Waals surface area contributed by atoms with Crippen molar-refractivity contribution in [3.63, 3.8) is 0 Å². The highest BCUT2D eigenvalue weighted by molar-refractivity contribution is 7.99. The average Bonchev–Trinajstić information content (AvgIpc) is 3.21. The molecule has 0 saturated carbocycles. The fourth-order valence-corrected chi connectivity index (χ4v) is 5.50. The van der Waals surface area contributed by atoms with E-state index in [0.29, 0.717) is 30.1 Å². The van der Waals surface area contributed by atoms with E-state index in [9.17, 15) is 13.2 Å². The third-order valence-electron chi connectivity index (χ3n) is 4.93. The number of anilines is 2. The molecular weight excluding hydrogens is 432 g/mol. The molecular formula is C23H22N2O4S2. The number of hydrogen-bond donors (Lipinski definition) is 1. The molecule has 0 unspecified atom stereocenters. The van der Waals surface area contributed by atoms with Crippen molar-refractivity contribution in [2.75, 3.05) is 23.3 Å². The van der Waals surface area contributed by atoms with Crippen LogP contribution in [0.4, 0.5) is 11.4 Å². The monoisotopic (exact) mass is 454 g/mol. The van der Waals surface area contributed by atoms with Crippen molar-refractivity contribution in [3.05, 3.63) is 72.8 Å². The summed E-state index contributed by atoms with van der Waals surface area (Å²) < 4.78 is 34.4. The van der Waals surface area contributed by atoms with Gasteiger partial charge in [-0.05, 0) is 48.9 Å². The van der Waals surface area contributed by atoms with Gasteiger partial charge in [0, 0.05) is 22.8 Å². The Labute approximate surface area is 186 Å². The highest BCUT2D eigenvalue weighted by Crippen LogP contribution is 2.36. The summed E-state index contributed by atoms with van der Waals surface area (Å²) in [5, 5.41) is 0. The number of benzene rings is 3. The molecule has 1 heterocycles. The molecule has 0 radical (unpaired) electrons. The zero-order chi connectivity index (χ0) is 21.8. The second-order valence-corrected chi connectivity index (χ2v) is 9.80. The molecule has 3 aromatic carbocycles. The summed E-state index contributed by atoms with van der Waals surface area (Å²) in [5.74, 6) is 0.430. The fraction of sp³-hybridized carbons (Fsp3) is 0.174. The average molecular weight is 455 g/mol. The second kappa shape index (κ2) is 9.03. The van der Waals surface area contributed by atoms with Gasteiger partial charge in [0.25, 0.3) is 10.0 Å². The quantitative estimate of drug-likeness (QED) is 0.556. The van der Waals surface area contributed by atoms with Crippen LogP contribution in [0.15, 0.2) is 87.5 Å². The van der Waals surface area contributed by atoms with Crippen molar-refractivity contribution in [2.45, 2.75) is 27.5 Å². The van der Waals surface area contributed by atoms with Crippen LogP contribution in [-0.4, -0.2) is 28.0 Å². The number of carbonyl (C=O) groups is 1. The molecule has 1 N–H and O–H groups in total. The number of para-hydroxylation sites is 1. The topological polar surface area (TPSA) is 75.7 Å². The van der Waals surface area contributed by atoms with Crippen LogP contribution in [0.25, 0.3) is 0 Å². The van der Waals surface area contributed by atoms with Crippen LogP contribution in [-0.2, 0) is 14.8 Å². The molecule has 1 saturated heterocycles. The molecule has 8 heteroatoms. The zero-order valence-electron chi connectivity index (χ0n) is 16.9. The Morgan fingerprint density at radius 2 is 1.74 bits per heavy atom. The van der Waals surface area contributed by atoms with Crippen molar-refractivity contribution in [1.82, 2.24) is 0 Å². The van der Waals surface area contributed by atoms with E-state index in [2.05, 4.69) is 4.72 Å². The van der Waals surface area contributed by atoms with Gasteiger partial charge in [0.15, 0.2) is 0 Å². The molecule has 4 rings (SSSR count). The highest BCUT2D eigenvalue weighted by atomic mass is 32.2. The van der Waals surface area contributed by atoms with Crippen molar-refractivity contribution in [1.29, 1.82) is 0 Å². The van der Waals surface area contributed by atoms with E-state index in [1.807, 2.05) is 42.5 Å². The van der Waals surface area contributed by atoms with Crippen LogP contribution >= 0.6 is 11.8 Å². The zero-order valence-corrected chi connectivity index (χ0v) is 18.6. The molecule has 0 aliphatic carbocycles. The third-order valence-corrected chi connectivity index (χ3v) is 7.37. The predicted octanol–water partition coefficient (Wildman–Crippen LogP) is 4.77. The molecule has 1 aliphatic rings. The van der Waals surface area contributed by atoms with E-state index in [0.717, 1.165) is 16.2 Å². The molecule has 31 heavy (non-hydrogen) atoms. The molecule has 6 nitrogen and oxygen atoms in total. The summed E-state index contributed by atoms with van der Waals surface area (Å²) >= 11 is 1.48. The van der Waals surface area contributed by atoms with Crippen LogP contribution in [0, 0.1) is 0 Å². The number of sulfonamides is 1. The molecule has 160 valence electrons. The van der Waals surface area contributed by atoms with E-state index in [-0.39, 0.29) is 10.8 Å². The number of carbonyl (C=O) groups excluding carboxylic acids is 1. The maximum atomic E-state index is 13.2. The Kier molecular flexibility index (Phi) is 6.20. The lowest BCUT2D eigenvalue weighted by Gasteiger charge is -2.20. The van der Waals surface area contributed by atoms with Crippen molar-refractivity contribution >= 4 is 39.1 Å². The minimum Gasteiger partial charge on any atom is -0.495 e. The van der Waals surface area contributed by atoms with E-state index in [4.69, 9.17) is 4.74 Å². The molecule has 0 atom stereocenters. The molecule has 1 aliphatic heterocycles. The summed E-state index contributed by atoms with van der Waals surface area (Å²) in [4.78, 5) is 15.7. The third kappa shape index (κ3) is 4.70. The summed E-state index contributed by atoms with van der Waals surface area (Å²) in [5.41, 5.74) is 0.964. The molecule has 0 spiro atoms. The van der Waals surface area contributed by atoms with E-state index in [1.165, 1.54) is 31.0 Å². The summed E-state index contributed by atoms with van der Waals surface area (Å²) in [7, 11) is -2.38. The van der Waals surface area contributed by atoms with Gasteiger partial charge in [0.05, 0.1) is 23.4 Å². The highest BCUT2D eigenvalue weighted by Gasteiger charge is 2.27. The number of hydrogen-bond acceptors (Lipinski definition) is 5. The number of rotatable bonds is 7. The summed E-state index contributed by atoms with van der Waals surface area (Å²) in [6, 6.07) is 21.6. The lowest BCUT2D eigenvalue weighted by Crippen LogP contribution is -2.25. The van der Waals surface area contributed by atoms with Crippen LogP contribution in [0.3, 0.4) is 0 Å². The van der Waals surface area contributed by atoms with Crippen LogP contribution in [0.1, 0.15) is 12.8 Å². The van der Waals surface area contributed by atoms with Crippen molar-refractivity contribution in [3.8, 4) is 5.75 Å². The minimum absolute atomic E-state index is 0.0367. The number of methoxy groups -OCH3 is 1. The van der Waals surface area contributed by atoms with Gasteiger partial charge in [-0.3, -0.25) is 9.52 Å². The molecule has 3 aromatic rings. The normalized spacial score (nSPS) is 14.0. The van der Waals surface area contributed by atoms with Crippen LogP contribution < -0.4 is 14.4 Å². The number of ether oxygens (including phenoxy) is 1. The number of nitrogens with zero attached hydrogens (tertiary/aromatic N) is 1. The first-order valence-corrected chi connectivity index (χ1v) is 12.1. The van der Waals surface area contributed by atoms with Crippen molar-refractivity contribution < 1.29 is 17.9 Å². The first-order chi connectivity index (χ1) is 15.0. The SMILES string of the molecule is COc1ccc(S(=O)(=O)Nc2ccccc2Sc2ccccc2)cc1N1CCCC1=O. The molecule has 1 fully saturated rings. The lowest BCUT2D eigenvalue weighted by atomic mass is 10.2. The maximum absolute atomic E-state index is 13.2. The number of nitrogens with one attached hydrogen (secondary N) is 1. The lowest BCUT2D eigenvalue weighted by molar-refractivity contribution is -0.117. The van der Waals surface area contributed by atoms with Crippen LogP contribution in [0.5, 0.6) is 5.75 Å². The second-order valence-electron chi connectivity index (χ2n) is 7.00. The first-order valence-electron chi connectivity index (χ1n) is 9.81.